The molecule has 0 aliphatic rings. The summed E-state index contributed by atoms with van der Waals surface area (Å²) >= 11 is 0. The lowest BCUT2D eigenvalue weighted by Gasteiger charge is -2.05. The van der Waals surface area contributed by atoms with Gasteiger partial charge in [0.25, 0.3) is 0 Å². The van der Waals surface area contributed by atoms with Crippen LogP contribution in [-0.2, 0) is 19.4 Å². The quantitative estimate of drug-likeness (QED) is 0.642. The SMILES string of the molecule is CCOC(=O)C(N)CO.CO.CS(=O)(=O)c1ccccc1. The van der Waals surface area contributed by atoms with Crippen LogP contribution in [0.5, 0.6) is 0 Å². The molecule has 4 N–H and O–H groups in total. The zero-order chi connectivity index (χ0) is 16.9. The minimum Gasteiger partial charge on any atom is -0.465 e. The number of carbonyl (C=O) groups is 1. The first kappa shape index (κ1) is 21.8. The Balaban J connectivity index is 0. The molecule has 122 valence electrons. The van der Waals surface area contributed by atoms with Crippen LogP contribution >= 0.6 is 0 Å². The molecule has 0 heterocycles. The summed E-state index contributed by atoms with van der Waals surface area (Å²) < 4.78 is 26.1. The zero-order valence-electron chi connectivity index (χ0n) is 12.4. The van der Waals surface area contributed by atoms with E-state index in [2.05, 4.69) is 4.74 Å². The predicted octanol–water partition coefficient (Wildman–Crippen LogP) is -0.432. The van der Waals surface area contributed by atoms with E-state index in [9.17, 15) is 13.2 Å². The number of aliphatic hydroxyl groups excluding tert-OH is 2. The van der Waals surface area contributed by atoms with E-state index in [4.69, 9.17) is 15.9 Å². The summed E-state index contributed by atoms with van der Waals surface area (Å²) in [5, 5.41) is 15.3. The highest BCUT2D eigenvalue weighted by Gasteiger charge is 2.11. The first-order chi connectivity index (χ1) is 9.82. The van der Waals surface area contributed by atoms with Crippen LogP contribution in [-0.4, -0.2) is 57.2 Å². The molecule has 0 bridgehead atoms. The van der Waals surface area contributed by atoms with Gasteiger partial charge in [-0.05, 0) is 19.1 Å². The highest BCUT2D eigenvalue weighted by Crippen LogP contribution is 2.05. The largest absolute Gasteiger partial charge is 0.465 e. The van der Waals surface area contributed by atoms with Gasteiger partial charge in [-0.25, -0.2) is 8.42 Å². The predicted molar refractivity (Wildman–Crippen MR) is 79.4 cm³/mol. The molecule has 0 aliphatic heterocycles. The molecule has 8 heteroatoms. The fourth-order valence-corrected chi connectivity index (χ4v) is 1.64. The van der Waals surface area contributed by atoms with Crippen LogP contribution in [0.4, 0.5) is 0 Å². The van der Waals surface area contributed by atoms with Crippen LogP contribution in [0.1, 0.15) is 6.92 Å². The Morgan fingerprint density at radius 2 is 1.76 bits per heavy atom. The molecule has 1 atom stereocenters. The van der Waals surface area contributed by atoms with Crippen molar-refractivity contribution in [2.75, 3.05) is 26.6 Å². The van der Waals surface area contributed by atoms with Crippen LogP contribution in [0.25, 0.3) is 0 Å². The second-order valence-electron chi connectivity index (χ2n) is 3.63. The van der Waals surface area contributed by atoms with Crippen molar-refractivity contribution in [3.63, 3.8) is 0 Å². The van der Waals surface area contributed by atoms with Crippen molar-refractivity contribution in [3.05, 3.63) is 30.3 Å². The molecule has 0 spiro atoms. The molecular formula is C13H23NO6S. The van der Waals surface area contributed by atoms with Crippen LogP contribution in [0.15, 0.2) is 35.2 Å². The number of hydrogen-bond donors (Lipinski definition) is 3. The number of ether oxygens (including phenoxy) is 1. The number of nitrogens with two attached hydrogens (primary N) is 1. The van der Waals surface area contributed by atoms with E-state index in [1.165, 1.54) is 6.26 Å². The molecule has 0 saturated heterocycles. The first-order valence-corrected chi connectivity index (χ1v) is 7.95. The fraction of sp³-hybridized carbons (Fsp3) is 0.462. The second kappa shape index (κ2) is 12.3. The van der Waals surface area contributed by atoms with E-state index in [0.717, 1.165) is 7.11 Å². The third-order valence-corrected chi connectivity index (χ3v) is 3.09. The third-order valence-electron chi connectivity index (χ3n) is 1.96. The Morgan fingerprint density at radius 3 is 2.05 bits per heavy atom. The van der Waals surface area contributed by atoms with Gasteiger partial charge in [-0.1, -0.05) is 18.2 Å². The highest BCUT2D eigenvalue weighted by atomic mass is 32.2. The van der Waals surface area contributed by atoms with Crippen molar-refractivity contribution >= 4 is 15.8 Å². The minimum absolute atomic E-state index is 0.298. The van der Waals surface area contributed by atoms with Crippen LogP contribution in [0.3, 0.4) is 0 Å². The van der Waals surface area contributed by atoms with Gasteiger partial charge in [0.2, 0.25) is 0 Å². The van der Waals surface area contributed by atoms with Crippen molar-refractivity contribution in [1.82, 2.24) is 0 Å². The van der Waals surface area contributed by atoms with Gasteiger partial charge >= 0.3 is 5.97 Å². The van der Waals surface area contributed by atoms with Crippen molar-refractivity contribution in [2.45, 2.75) is 17.9 Å². The topological polar surface area (TPSA) is 127 Å². The summed E-state index contributed by atoms with van der Waals surface area (Å²) in [7, 11) is -2.00. The van der Waals surface area contributed by atoms with Gasteiger partial charge in [0.1, 0.15) is 6.04 Å². The van der Waals surface area contributed by atoms with Gasteiger partial charge in [-0.2, -0.15) is 0 Å². The van der Waals surface area contributed by atoms with Crippen LogP contribution in [0.2, 0.25) is 0 Å². The van der Waals surface area contributed by atoms with Gasteiger partial charge < -0.3 is 20.7 Å². The Bertz CT molecular complexity index is 475. The van der Waals surface area contributed by atoms with Crippen molar-refractivity contribution in [3.8, 4) is 0 Å². The highest BCUT2D eigenvalue weighted by molar-refractivity contribution is 7.90. The molecular weight excluding hydrogens is 298 g/mol. The maximum absolute atomic E-state index is 10.8. The molecule has 1 unspecified atom stereocenters. The second-order valence-corrected chi connectivity index (χ2v) is 5.64. The Morgan fingerprint density at radius 1 is 1.29 bits per heavy atom. The molecule has 0 aliphatic carbocycles. The van der Waals surface area contributed by atoms with Crippen molar-refractivity contribution in [1.29, 1.82) is 0 Å². The van der Waals surface area contributed by atoms with Crippen LogP contribution in [0, 0.1) is 0 Å². The number of hydrogen-bond acceptors (Lipinski definition) is 7. The lowest BCUT2D eigenvalue weighted by molar-refractivity contribution is -0.145. The average Bonchev–Trinajstić information content (AvgIpc) is 2.49. The molecule has 1 aromatic carbocycles. The number of esters is 1. The smallest absolute Gasteiger partial charge is 0.325 e. The van der Waals surface area contributed by atoms with Crippen molar-refractivity contribution in [2.24, 2.45) is 5.73 Å². The number of rotatable bonds is 4. The molecule has 0 saturated carbocycles. The third kappa shape index (κ3) is 10.9. The van der Waals surface area contributed by atoms with Crippen LogP contribution < -0.4 is 5.73 Å². The monoisotopic (exact) mass is 321 g/mol. The van der Waals surface area contributed by atoms with Gasteiger partial charge in [0.15, 0.2) is 9.84 Å². The zero-order valence-corrected chi connectivity index (χ0v) is 13.2. The molecule has 7 nitrogen and oxygen atoms in total. The molecule has 1 aromatic rings. The first-order valence-electron chi connectivity index (χ1n) is 6.05. The summed E-state index contributed by atoms with van der Waals surface area (Å²) in [5.41, 5.74) is 5.08. The summed E-state index contributed by atoms with van der Waals surface area (Å²) in [6.07, 6.45) is 1.20. The van der Waals surface area contributed by atoms with Gasteiger partial charge in [-0.15, -0.1) is 0 Å². The van der Waals surface area contributed by atoms with Gasteiger partial charge in [-0.3, -0.25) is 4.79 Å². The van der Waals surface area contributed by atoms with Gasteiger partial charge in [0, 0.05) is 13.4 Å². The number of sulfone groups is 1. The standard InChI is InChI=1S/C7H8O2S.C5H11NO3.CH4O/c1-10(8,9)7-5-3-2-4-6-7;1-2-9-5(8)4(6)3-7;1-2/h2-6H,1H3;4,7H,2-3,6H2,1H3;2H,1H3. The molecule has 0 aromatic heterocycles. The van der Waals surface area contributed by atoms with E-state index in [-0.39, 0.29) is 6.61 Å². The van der Waals surface area contributed by atoms with E-state index < -0.39 is 21.8 Å². The summed E-state index contributed by atoms with van der Waals surface area (Å²) in [5.74, 6) is -0.556. The minimum atomic E-state index is -3.00. The molecule has 21 heavy (non-hydrogen) atoms. The number of carbonyl (C=O) groups excluding carboxylic acids is 1. The summed E-state index contributed by atoms with van der Waals surface area (Å²) in [6.45, 7) is 1.62. The lowest BCUT2D eigenvalue weighted by Crippen LogP contribution is -2.35. The van der Waals surface area contributed by atoms with E-state index in [0.29, 0.717) is 11.5 Å². The Hall–Kier alpha value is -1.48. The Kier molecular flexibility index (Phi) is 12.7. The fourth-order valence-electron chi connectivity index (χ4n) is 0.992. The van der Waals surface area contributed by atoms with Crippen molar-refractivity contribution < 1.29 is 28.2 Å². The maximum Gasteiger partial charge on any atom is 0.325 e. The molecule has 0 radical (unpaired) electrons. The Labute approximate surface area is 125 Å². The number of benzene rings is 1. The number of aliphatic hydroxyl groups is 2. The van der Waals surface area contributed by atoms with Gasteiger partial charge in [0.05, 0.1) is 18.1 Å². The normalized spacial score (nSPS) is 11.1. The average molecular weight is 321 g/mol. The molecule has 0 amide bonds. The molecule has 0 fully saturated rings. The summed E-state index contributed by atoms with van der Waals surface area (Å²) in [6, 6.07) is 7.47. The molecule has 1 rings (SSSR count). The van der Waals surface area contributed by atoms with E-state index in [1.807, 2.05) is 0 Å². The lowest BCUT2D eigenvalue weighted by atomic mass is 10.3. The maximum atomic E-state index is 10.8. The van der Waals surface area contributed by atoms with E-state index in [1.54, 1.807) is 37.3 Å². The van der Waals surface area contributed by atoms with E-state index >= 15 is 0 Å². The summed E-state index contributed by atoms with van der Waals surface area (Å²) in [4.78, 5) is 10.8.